The van der Waals surface area contributed by atoms with Gasteiger partial charge in [0.15, 0.2) is 11.4 Å². The lowest BCUT2D eigenvalue weighted by molar-refractivity contribution is 0.160. The number of imidazole rings is 1. The summed E-state index contributed by atoms with van der Waals surface area (Å²) in [4.78, 5) is 15.0. The van der Waals surface area contributed by atoms with E-state index in [9.17, 15) is 4.79 Å². The first kappa shape index (κ1) is 11.3. The van der Waals surface area contributed by atoms with E-state index in [2.05, 4.69) is 16.3 Å². The van der Waals surface area contributed by atoms with E-state index >= 15 is 0 Å². The molecule has 1 rings (SSSR count). The van der Waals surface area contributed by atoms with Gasteiger partial charge in [0.2, 0.25) is 5.95 Å². The number of anilines is 1. The van der Waals surface area contributed by atoms with Crippen LogP contribution in [0.25, 0.3) is 0 Å². The highest BCUT2D eigenvalue weighted by Gasteiger charge is 2.21. The second-order valence-electron chi connectivity index (χ2n) is 2.59. The molecule has 0 fully saturated rings. The van der Waals surface area contributed by atoms with Gasteiger partial charge in [-0.2, -0.15) is 10.5 Å². The minimum Gasteiger partial charge on any atom is -0.445 e. The van der Waals surface area contributed by atoms with Crippen molar-refractivity contribution in [3.05, 3.63) is 24.0 Å². The zero-order valence-corrected chi connectivity index (χ0v) is 8.17. The Hall–Kier alpha value is -2.80. The molecule has 0 aliphatic rings. The third-order valence-electron chi connectivity index (χ3n) is 1.62. The smallest absolute Gasteiger partial charge is 0.422 e. The molecule has 1 aromatic heterocycles. The van der Waals surface area contributed by atoms with Gasteiger partial charge in [-0.1, -0.05) is 12.7 Å². The van der Waals surface area contributed by atoms with Gasteiger partial charge in [-0.15, -0.1) is 0 Å². The molecule has 2 N–H and O–H groups in total. The Morgan fingerprint density at radius 3 is 2.81 bits per heavy atom. The molecule has 0 spiro atoms. The van der Waals surface area contributed by atoms with Crippen LogP contribution in [0, 0.1) is 22.7 Å². The van der Waals surface area contributed by atoms with Crippen LogP contribution in [0.2, 0.25) is 0 Å². The van der Waals surface area contributed by atoms with Crippen LogP contribution in [-0.4, -0.2) is 22.3 Å². The Morgan fingerprint density at radius 1 is 1.62 bits per heavy atom. The van der Waals surface area contributed by atoms with E-state index in [-0.39, 0.29) is 23.9 Å². The molecule has 0 saturated carbocycles. The van der Waals surface area contributed by atoms with Crippen LogP contribution >= 0.6 is 0 Å². The molecule has 1 heterocycles. The summed E-state index contributed by atoms with van der Waals surface area (Å²) in [6, 6.07) is 3.32. The van der Waals surface area contributed by atoms with E-state index in [0.717, 1.165) is 4.57 Å². The molecule has 0 bridgehead atoms. The maximum atomic E-state index is 11.4. The summed E-state index contributed by atoms with van der Waals surface area (Å²) in [5.74, 6) is -0.262. The number of nitrogens with two attached hydrogens (primary N) is 1. The molecule has 0 saturated heterocycles. The van der Waals surface area contributed by atoms with Crippen LogP contribution < -0.4 is 5.73 Å². The molecular weight excluding hydrogens is 210 g/mol. The number of rotatable bonds is 2. The average Bonchev–Trinajstić information content (AvgIpc) is 2.62. The number of nitriles is 2. The lowest BCUT2D eigenvalue weighted by atomic mass is 10.4. The summed E-state index contributed by atoms with van der Waals surface area (Å²) in [6.45, 7) is 3.34. The highest BCUT2D eigenvalue weighted by atomic mass is 16.5. The predicted octanol–water partition coefficient (Wildman–Crippen LogP) is 0.379. The minimum atomic E-state index is -0.872. The van der Waals surface area contributed by atoms with Crippen LogP contribution in [0.1, 0.15) is 11.4 Å². The van der Waals surface area contributed by atoms with Crippen molar-refractivity contribution in [2.24, 2.45) is 0 Å². The molecule has 0 unspecified atom stereocenters. The maximum absolute atomic E-state index is 11.4. The van der Waals surface area contributed by atoms with E-state index < -0.39 is 6.09 Å². The van der Waals surface area contributed by atoms with Gasteiger partial charge in [-0.3, -0.25) is 0 Å². The van der Waals surface area contributed by atoms with Crippen molar-refractivity contribution in [2.45, 2.75) is 0 Å². The van der Waals surface area contributed by atoms with Crippen molar-refractivity contribution in [3.63, 3.8) is 0 Å². The van der Waals surface area contributed by atoms with E-state index in [1.54, 1.807) is 12.1 Å². The number of aromatic nitrogens is 2. The number of hydrogen-bond donors (Lipinski definition) is 1. The van der Waals surface area contributed by atoms with E-state index in [1.807, 2.05) is 0 Å². The third kappa shape index (κ3) is 1.83. The normalized spacial score (nSPS) is 8.88. The van der Waals surface area contributed by atoms with Gasteiger partial charge in [0.25, 0.3) is 0 Å². The van der Waals surface area contributed by atoms with Gasteiger partial charge >= 0.3 is 6.09 Å². The van der Waals surface area contributed by atoms with Crippen LogP contribution in [0.4, 0.5) is 10.7 Å². The van der Waals surface area contributed by atoms with Crippen molar-refractivity contribution in [3.8, 4) is 12.1 Å². The Labute approximate surface area is 91.0 Å². The molecule has 0 radical (unpaired) electrons. The standard InChI is InChI=1S/C9H7N5O2/c1-2-3-16-9(15)14-7(5-11)6(4-10)13-8(14)12/h2H,1,3H2,(H2,12,13). The Bertz CT molecular complexity index is 517. The minimum absolute atomic E-state index is 0.0246. The first-order valence-corrected chi connectivity index (χ1v) is 4.12. The van der Waals surface area contributed by atoms with Gasteiger partial charge < -0.3 is 10.5 Å². The van der Waals surface area contributed by atoms with E-state index in [1.165, 1.54) is 6.08 Å². The quantitative estimate of drug-likeness (QED) is 0.715. The number of hydrogen-bond acceptors (Lipinski definition) is 6. The predicted molar refractivity (Wildman–Crippen MR) is 53.0 cm³/mol. The highest BCUT2D eigenvalue weighted by Crippen LogP contribution is 2.12. The number of nitrogen functional groups attached to an aromatic ring is 1. The first-order valence-electron chi connectivity index (χ1n) is 4.12. The molecular formula is C9H7N5O2. The largest absolute Gasteiger partial charge is 0.445 e. The van der Waals surface area contributed by atoms with E-state index in [0.29, 0.717) is 0 Å². The van der Waals surface area contributed by atoms with Crippen molar-refractivity contribution in [1.29, 1.82) is 10.5 Å². The monoisotopic (exact) mass is 217 g/mol. The zero-order valence-electron chi connectivity index (χ0n) is 8.17. The van der Waals surface area contributed by atoms with E-state index in [4.69, 9.17) is 16.3 Å². The van der Waals surface area contributed by atoms with Gasteiger partial charge in [-0.25, -0.2) is 14.3 Å². The third-order valence-corrected chi connectivity index (χ3v) is 1.62. The Morgan fingerprint density at radius 2 is 2.31 bits per heavy atom. The molecule has 0 aliphatic carbocycles. The van der Waals surface area contributed by atoms with Gasteiger partial charge in [0.1, 0.15) is 18.7 Å². The van der Waals surface area contributed by atoms with Crippen LogP contribution in [-0.2, 0) is 4.74 Å². The summed E-state index contributed by atoms with van der Waals surface area (Å²) in [7, 11) is 0. The topological polar surface area (TPSA) is 118 Å². The fraction of sp³-hybridized carbons (Fsp3) is 0.111. The first-order chi connectivity index (χ1) is 7.65. The molecule has 80 valence electrons. The summed E-state index contributed by atoms with van der Waals surface area (Å²) >= 11 is 0. The summed E-state index contributed by atoms with van der Waals surface area (Å²) < 4.78 is 5.42. The number of carbonyl (C=O) groups excluding carboxylic acids is 1. The maximum Gasteiger partial charge on any atom is 0.422 e. The van der Waals surface area contributed by atoms with Crippen molar-refractivity contribution in [2.75, 3.05) is 12.3 Å². The zero-order chi connectivity index (χ0) is 12.1. The second-order valence-corrected chi connectivity index (χ2v) is 2.59. The molecule has 7 heteroatoms. The van der Waals surface area contributed by atoms with Crippen molar-refractivity contribution < 1.29 is 9.53 Å². The average molecular weight is 217 g/mol. The molecule has 7 nitrogen and oxygen atoms in total. The lowest BCUT2D eigenvalue weighted by Crippen LogP contribution is -2.17. The molecule has 1 aromatic rings. The van der Waals surface area contributed by atoms with Crippen molar-refractivity contribution in [1.82, 2.24) is 9.55 Å². The fourth-order valence-corrected chi connectivity index (χ4v) is 0.998. The van der Waals surface area contributed by atoms with Gasteiger partial charge in [0, 0.05) is 0 Å². The second kappa shape index (κ2) is 4.62. The van der Waals surface area contributed by atoms with Crippen LogP contribution in [0.5, 0.6) is 0 Å². The van der Waals surface area contributed by atoms with Crippen LogP contribution in [0.15, 0.2) is 12.7 Å². The lowest BCUT2D eigenvalue weighted by Gasteiger charge is -2.03. The Kier molecular flexibility index (Phi) is 3.26. The van der Waals surface area contributed by atoms with Gasteiger partial charge in [-0.05, 0) is 0 Å². The van der Waals surface area contributed by atoms with Gasteiger partial charge in [0.05, 0.1) is 0 Å². The number of carbonyl (C=O) groups is 1. The van der Waals surface area contributed by atoms with Crippen molar-refractivity contribution >= 4 is 12.0 Å². The molecule has 0 aliphatic heterocycles. The fourth-order valence-electron chi connectivity index (χ4n) is 0.998. The highest BCUT2D eigenvalue weighted by molar-refractivity contribution is 5.77. The molecule has 16 heavy (non-hydrogen) atoms. The summed E-state index contributed by atoms with van der Waals surface area (Å²) in [5.41, 5.74) is 4.93. The number of ether oxygens (including phenoxy) is 1. The number of nitrogens with zero attached hydrogens (tertiary/aromatic N) is 4. The summed E-state index contributed by atoms with van der Waals surface area (Å²) in [5, 5.41) is 17.4. The molecule has 0 atom stereocenters. The molecule has 0 aromatic carbocycles. The molecule has 0 amide bonds. The SMILES string of the molecule is C=CCOC(=O)n1c(N)nc(C#N)c1C#N. The summed E-state index contributed by atoms with van der Waals surface area (Å²) in [6.07, 6.45) is 0.491. The Balaban J connectivity index is 3.19. The van der Waals surface area contributed by atoms with Crippen LogP contribution in [0.3, 0.4) is 0 Å².